The molecule has 5 heteroatoms. The normalized spacial score (nSPS) is 11.1. The predicted octanol–water partition coefficient (Wildman–Crippen LogP) is 4.05. The van der Waals surface area contributed by atoms with Crippen LogP contribution in [0, 0.1) is 0 Å². The summed E-state index contributed by atoms with van der Waals surface area (Å²) < 4.78 is 7.28. The summed E-state index contributed by atoms with van der Waals surface area (Å²) >= 11 is 0. The van der Waals surface area contributed by atoms with Crippen LogP contribution >= 0.6 is 0 Å². The molecule has 1 heterocycles. The highest BCUT2D eigenvalue weighted by atomic mass is 16.5. The number of hydrogen-bond donors (Lipinski definition) is 2. The molecule has 0 saturated carbocycles. The van der Waals surface area contributed by atoms with E-state index in [2.05, 4.69) is 13.8 Å². The number of rotatable bonds is 9. The highest BCUT2D eigenvalue weighted by Gasteiger charge is 2.17. The Bertz CT molecular complexity index is 737. The zero-order valence-corrected chi connectivity index (χ0v) is 14.7. The van der Waals surface area contributed by atoms with Crippen molar-refractivity contribution in [2.24, 2.45) is 0 Å². The van der Waals surface area contributed by atoms with E-state index in [-0.39, 0.29) is 17.1 Å². The minimum Gasteiger partial charge on any atom is -0.504 e. The van der Waals surface area contributed by atoms with Crippen molar-refractivity contribution in [1.29, 1.82) is 0 Å². The number of fused-ring (bicyclic) bond motifs is 1. The van der Waals surface area contributed by atoms with Crippen molar-refractivity contribution in [1.82, 2.24) is 4.57 Å². The quantitative estimate of drug-likeness (QED) is 0.536. The monoisotopic (exact) mass is 332 g/mol. The van der Waals surface area contributed by atoms with Gasteiger partial charge in [0.15, 0.2) is 5.75 Å². The fourth-order valence-corrected chi connectivity index (χ4v) is 2.80. The number of anilines is 1. The van der Waals surface area contributed by atoms with Gasteiger partial charge in [-0.3, -0.25) is 4.79 Å². The molecule has 24 heavy (non-hydrogen) atoms. The van der Waals surface area contributed by atoms with Gasteiger partial charge in [0, 0.05) is 17.6 Å². The van der Waals surface area contributed by atoms with Crippen molar-refractivity contribution in [2.45, 2.75) is 58.9 Å². The van der Waals surface area contributed by atoms with Crippen LogP contribution in [0.1, 0.15) is 52.4 Å². The largest absolute Gasteiger partial charge is 0.504 e. The van der Waals surface area contributed by atoms with Crippen molar-refractivity contribution < 1.29 is 9.84 Å². The molecular formula is C19H28N2O3. The van der Waals surface area contributed by atoms with Crippen LogP contribution < -0.4 is 16.0 Å². The number of pyridine rings is 1. The second-order valence-electron chi connectivity index (χ2n) is 6.17. The Morgan fingerprint density at radius 3 is 2.58 bits per heavy atom. The van der Waals surface area contributed by atoms with Crippen LogP contribution in [0.2, 0.25) is 0 Å². The average molecular weight is 332 g/mol. The minimum atomic E-state index is -0.279. The number of nitrogen functional groups attached to an aromatic ring is 1. The summed E-state index contributed by atoms with van der Waals surface area (Å²) in [4.78, 5) is 12.8. The Hall–Kier alpha value is -2.17. The first kappa shape index (κ1) is 18.2. The molecule has 0 aliphatic rings. The summed E-state index contributed by atoms with van der Waals surface area (Å²) in [5.74, 6) is -0.0351. The first-order chi connectivity index (χ1) is 11.6. The Balaban J connectivity index is 2.46. The number of hydrogen-bond acceptors (Lipinski definition) is 4. The molecule has 5 nitrogen and oxygen atoms in total. The fraction of sp³-hybridized carbons (Fsp3) is 0.526. The molecule has 0 fully saturated rings. The van der Waals surface area contributed by atoms with Crippen molar-refractivity contribution in [3.8, 4) is 11.5 Å². The SMILES string of the molecule is CCCCCCn1c(=O)c(OCCCC)c(O)c2ccc(N)cc21. The third-order valence-corrected chi connectivity index (χ3v) is 4.20. The van der Waals surface area contributed by atoms with E-state index in [1.165, 1.54) is 0 Å². The molecule has 3 N–H and O–H groups in total. The maximum atomic E-state index is 12.8. The Morgan fingerprint density at radius 1 is 1.12 bits per heavy atom. The van der Waals surface area contributed by atoms with Crippen molar-refractivity contribution in [3.63, 3.8) is 0 Å². The van der Waals surface area contributed by atoms with Gasteiger partial charge in [-0.2, -0.15) is 0 Å². The standard InChI is InChI=1S/C19H28N2O3/c1-3-5-7-8-11-21-16-13-14(20)9-10-15(16)17(22)18(19(21)23)24-12-6-4-2/h9-10,13,22H,3-8,11-12,20H2,1-2H3. The Kier molecular flexibility index (Phi) is 6.53. The van der Waals surface area contributed by atoms with E-state index in [0.717, 1.165) is 38.5 Å². The van der Waals surface area contributed by atoms with Gasteiger partial charge in [-0.15, -0.1) is 0 Å². The van der Waals surface area contributed by atoms with Crippen LogP contribution in [0.15, 0.2) is 23.0 Å². The molecular weight excluding hydrogens is 304 g/mol. The number of aryl methyl sites for hydroxylation is 1. The summed E-state index contributed by atoms with van der Waals surface area (Å²) in [6.07, 6.45) is 6.08. The summed E-state index contributed by atoms with van der Waals surface area (Å²) in [5, 5.41) is 11.1. The third-order valence-electron chi connectivity index (χ3n) is 4.20. The number of benzene rings is 1. The van der Waals surface area contributed by atoms with Gasteiger partial charge in [0.2, 0.25) is 5.75 Å². The van der Waals surface area contributed by atoms with E-state index in [1.807, 2.05) is 0 Å². The fourth-order valence-electron chi connectivity index (χ4n) is 2.80. The molecule has 0 radical (unpaired) electrons. The number of nitrogens with zero attached hydrogens (tertiary/aromatic N) is 1. The van der Waals surface area contributed by atoms with Gasteiger partial charge in [0.1, 0.15) is 0 Å². The summed E-state index contributed by atoms with van der Waals surface area (Å²) in [6.45, 7) is 5.24. The summed E-state index contributed by atoms with van der Waals surface area (Å²) in [5.41, 5.74) is 6.83. The van der Waals surface area contributed by atoms with Crippen LogP contribution in [0.4, 0.5) is 5.69 Å². The molecule has 2 rings (SSSR count). The Morgan fingerprint density at radius 2 is 1.88 bits per heavy atom. The van der Waals surface area contributed by atoms with Gasteiger partial charge < -0.3 is 20.1 Å². The van der Waals surface area contributed by atoms with E-state index in [4.69, 9.17) is 10.5 Å². The highest BCUT2D eigenvalue weighted by molar-refractivity contribution is 5.89. The van der Waals surface area contributed by atoms with Gasteiger partial charge in [-0.05, 0) is 31.0 Å². The molecule has 0 bridgehead atoms. The zero-order valence-electron chi connectivity index (χ0n) is 14.7. The first-order valence-electron chi connectivity index (χ1n) is 8.87. The predicted molar refractivity (Wildman–Crippen MR) is 98.8 cm³/mol. The van der Waals surface area contributed by atoms with Gasteiger partial charge in [-0.25, -0.2) is 0 Å². The third kappa shape index (κ3) is 4.02. The molecule has 1 aromatic heterocycles. The molecule has 1 aromatic carbocycles. The number of unbranched alkanes of at least 4 members (excludes halogenated alkanes) is 4. The van der Waals surface area contributed by atoms with Crippen LogP contribution in [-0.2, 0) is 6.54 Å². The number of nitrogens with two attached hydrogens (primary N) is 1. The van der Waals surface area contributed by atoms with E-state index in [0.29, 0.717) is 29.7 Å². The highest BCUT2D eigenvalue weighted by Crippen LogP contribution is 2.32. The molecule has 0 atom stereocenters. The smallest absolute Gasteiger partial charge is 0.297 e. The first-order valence-corrected chi connectivity index (χ1v) is 8.87. The van der Waals surface area contributed by atoms with E-state index < -0.39 is 0 Å². The Labute approximate surface area is 143 Å². The lowest BCUT2D eigenvalue weighted by atomic mass is 10.1. The molecule has 0 aliphatic carbocycles. The van der Waals surface area contributed by atoms with Gasteiger partial charge in [0.25, 0.3) is 5.56 Å². The van der Waals surface area contributed by atoms with Gasteiger partial charge in [0.05, 0.1) is 12.1 Å². The van der Waals surface area contributed by atoms with E-state index in [9.17, 15) is 9.90 Å². The minimum absolute atomic E-state index is 0.0520. The average Bonchev–Trinajstić information content (AvgIpc) is 2.57. The molecule has 0 saturated heterocycles. The second-order valence-corrected chi connectivity index (χ2v) is 6.17. The molecule has 0 unspecified atom stereocenters. The topological polar surface area (TPSA) is 77.5 Å². The molecule has 0 aliphatic heterocycles. The van der Waals surface area contributed by atoms with Crippen LogP contribution in [0.25, 0.3) is 10.9 Å². The molecule has 0 amide bonds. The maximum absolute atomic E-state index is 12.8. The van der Waals surface area contributed by atoms with Crippen LogP contribution in [0.5, 0.6) is 11.5 Å². The van der Waals surface area contributed by atoms with Crippen LogP contribution in [0.3, 0.4) is 0 Å². The summed E-state index contributed by atoms with van der Waals surface area (Å²) in [7, 11) is 0. The molecule has 2 aromatic rings. The lowest BCUT2D eigenvalue weighted by Crippen LogP contribution is -2.23. The lowest BCUT2D eigenvalue weighted by Gasteiger charge is -2.16. The number of aromatic nitrogens is 1. The van der Waals surface area contributed by atoms with Crippen LogP contribution in [-0.4, -0.2) is 16.3 Å². The number of ether oxygens (including phenoxy) is 1. The van der Waals surface area contributed by atoms with Crippen molar-refractivity contribution >= 4 is 16.6 Å². The molecule has 0 spiro atoms. The lowest BCUT2D eigenvalue weighted by molar-refractivity contribution is 0.287. The van der Waals surface area contributed by atoms with Gasteiger partial charge in [-0.1, -0.05) is 39.5 Å². The van der Waals surface area contributed by atoms with E-state index in [1.54, 1.807) is 22.8 Å². The van der Waals surface area contributed by atoms with Gasteiger partial charge >= 0.3 is 0 Å². The maximum Gasteiger partial charge on any atom is 0.297 e. The summed E-state index contributed by atoms with van der Waals surface area (Å²) in [6, 6.07) is 5.21. The van der Waals surface area contributed by atoms with Crippen molar-refractivity contribution in [3.05, 3.63) is 28.6 Å². The number of aromatic hydroxyl groups is 1. The van der Waals surface area contributed by atoms with E-state index >= 15 is 0 Å². The zero-order chi connectivity index (χ0) is 17.5. The van der Waals surface area contributed by atoms with Crippen molar-refractivity contribution in [2.75, 3.05) is 12.3 Å². The molecule has 132 valence electrons. The second kappa shape index (κ2) is 8.62.